The number of aromatic nitrogens is 3. The molecule has 5 nitrogen and oxygen atoms in total. The first-order valence-corrected chi connectivity index (χ1v) is 11.3. The van der Waals surface area contributed by atoms with Gasteiger partial charge in [-0.2, -0.15) is 5.10 Å². The third kappa shape index (κ3) is 3.63. The van der Waals surface area contributed by atoms with Crippen LogP contribution < -0.4 is 0 Å². The van der Waals surface area contributed by atoms with Crippen molar-refractivity contribution in [1.82, 2.24) is 19.7 Å². The van der Waals surface area contributed by atoms with Crippen LogP contribution in [-0.2, 0) is 13.5 Å². The first-order chi connectivity index (χ1) is 15.0. The molecule has 158 valence electrons. The number of thiophene rings is 1. The Hall–Kier alpha value is -3.06. The molecule has 0 N–H and O–H groups in total. The number of carbonyl (C=O) groups is 1. The molecule has 0 spiro atoms. The van der Waals surface area contributed by atoms with Crippen molar-refractivity contribution in [3.8, 4) is 10.6 Å². The lowest BCUT2D eigenvalue weighted by Crippen LogP contribution is -2.37. The van der Waals surface area contributed by atoms with Gasteiger partial charge in [0.25, 0.3) is 5.91 Å². The predicted octanol–water partition coefficient (Wildman–Crippen LogP) is 4.99. The molecule has 0 saturated carbocycles. The molecule has 1 aliphatic rings. The van der Waals surface area contributed by atoms with Crippen LogP contribution in [0.1, 0.15) is 34.5 Å². The maximum atomic E-state index is 13.8. The molecule has 31 heavy (non-hydrogen) atoms. The van der Waals surface area contributed by atoms with Crippen molar-refractivity contribution in [2.75, 3.05) is 6.54 Å². The van der Waals surface area contributed by atoms with Crippen molar-refractivity contribution in [2.45, 2.75) is 32.2 Å². The molecular formula is C24H23FN4OS. The Morgan fingerprint density at radius 2 is 2.13 bits per heavy atom. The van der Waals surface area contributed by atoms with Crippen LogP contribution in [0.15, 0.2) is 47.8 Å². The summed E-state index contributed by atoms with van der Waals surface area (Å²) in [6.07, 6.45) is 2.52. The summed E-state index contributed by atoms with van der Waals surface area (Å²) in [5, 5.41) is 7.34. The van der Waals surface area contributed by atoms with Crippen LogP contribution in [-0.4, -0.2) is 38.2 Å². The number of nitrogens with zero attached hydrogens (tertiary/aromatic N) is 4. The minimum absolute atomic E-state index is 0.000194. The Labute approximate surface area is 184 Å². The molecular weight excluding hydrogens is 411 g/mol. The van der Waals surface area contributed by atoms with Gasteiger partial charge in [0, 0.05) is 19.6 Å². The van der Waals surface area contributed by atoms with Crippen LogP contribution in [0.5, 0.6) is 0 Å². The normalized spacial score (nSPS) is 16.4. The molecule has 7 heteroatoms. The number of aryl methyl sites for hydroxylation is 2. The Balaban J connectivity index is 1.55. The first-order valence-electron chi connectivity index (χ1n) is 10.4. The Kier molecular flexibility index (Phi) is 5.06. The van der Waals surface area contributed by atoms with E-state index in [0.29, 0.717) is 24.2 Å². The minimum atomic E-state index is -0.240. The fourth-order valence-corrected chi connectivity index (χ4v) is 5.26. The van der Waals surface area contributed by atoms with Crippen molar-refractivity contribution in [1.29, 1.82) is 0 Å². The number of pyridine rings is 1. The summed E-state index contributed by atoms with van der Waals surface area (Å²) >= 11 is 1.60. The molecule has 0 radical (unpaired) electrons. The number of amides is 1. The van der Waals surface area contributed by atoms with Gasteiger partial charge < -0.3 is 4.90 Å². The monoisotopic (exact) mass is 434 g/mol. The van der Waals surface area contributed by atoms with Gasteiger partial charge in [-0.25, -0.2) is 9.37 Å². The SMILES string of the molecule is Cc1nn(C)c2nc(-c3cccs3)cc(C(=O)N3CCCC3Cc3cccc(F)c3)c12. The van der Waals surface area contributed by atoms with Crippen molar-refractivity contribution in [3.05, 3.63) is 70.5 Å². The van der Waals surface area contributed by atoms with Crippen LogP contribution in [0.3, 0.4) is 0 Å². The van der Waals surface area contributed by atoms with Gasteiger partial charge in [-0.15, -0.1) is 11.3 Å². The molecule has 1 amide bonds. The van der Waals surface area contributed by atoms with E-state index in [2.05, 4.69) is 5.10 Å². The zero-order valence-electron chi connectivity index (χ0n) is 17.5. The summed E-state index contributed by atoms with van der Waals surface area (Å²) in [4.78, 5) is 21.6. The fourth-order valence-electron chi connectivity index (χ4n) is 4.57. The largest absolute Gasteiger partial charge is 0.335 e. The van der Waals surface area contributed by atoms with Crippen LogP contribution in [0, 0.1) is 12.7 Å². The molecule has 1 aliphatic heterocycles. The van der Waals surface area contributed by atoms with E-state index >= 15 is 0 Å². The highest BCUT2D eigenvalue weighted by molar-refractivity contribution is 7.13. The highest BCUT2D eigenvalue weighted by Gasteiger charge is 2.32. The highest BCUT2D eigenvalue weighted by Crippen LogP contribution is 2.32. The van der Waals surface area contributed by atoms with Gasteiger partial charge in [0.05, 0.1) is 27.2 Å². The lowest BCUT2D eigenvalue weighted by atomic mass is 10.0. The third-order valence-corrected chi connectivity index (χ3v) is 6.86. The van der Waals surface area contributed by atoms with Gasteiger partial charge in [-0.05, 0) is 61.4 Å². The number of benzene rings is 1. The fraction of sp³-hybridized carbons (Fsp3) is 0.292. The Morgan fingerprint density at radius 1 is 1.26 bits per heavy atom. The number of carbonyl (C=O) groups excluding carboxylic acids is 1. The topological polar surface area (TPSA) is 51.0 Å². The number of fused-ring (bicyclic) bond motifs is 1. The average molecular weight is 435 g/mol. The quantitative estimate of drug-likeness (QED) is 0.455. The van der Waals surface area contributed by atoms with Crippen LogP contribution in [0.25, 0.3) is 21.6 Å². The molecule has 0 bridgehead atoms. The summed E-state index contributed by atoms with van der Waals surface area (Å²) in [5.74, 6) is -0.240. The van der Waals surface area contributed by atoms with E-state index in [1.807, 2.05) is 48.5 Å². The van der Waals surface area contributed by atoms with Crippen LogP contribution >= 0.6 is 11.3 Å². The van der Waals surface area contributed by atoms with Gasteiger partial charge in [-0.1, -0.05) is 18.2 Å². The van der Waals surface area contributed by atoms with Gasteiger partial charge in [0.1, 0.15) is 5.82 Å². The van der Waals surface area contributed by atoms with Crippen molar-refractivity contribution < 1.29 is 9.18 Å². The van der Waals surface area contributed by atoms with Crippen LogP contribution in [0.2, 0.25) is 0 Å². The van der Waals surface area contributed by atoms with Crippen molar-refractivity contribution in [2.24, 2.45) is 7.05 Å². The summed E-state index contributed by atoms with van der Waals surface area (Å²) in [6.45, 7) is 2.62. The molecule has 4 heterocycles. The number of hydrogen-bond acceptors (Lipinski definition) is 4. The molecule has 5 rings (SSSR count). The summed E-state index contributed by atoms with van der Waals surface area (Å²) in [5.41, 5.74) is 3.86. The zero-order chi connectivity index (χ0) is 21.5. The molecule has 1 saturated heterocycles. The lowest BCUT2D eigenvalue weighted by molar-refractivity contribution is 0.0738. The molecule has 1 fully saturated rings. The average Bonchev–Trinajstić information content (AvgIpc) is 3.49. The van der Waals surface area contributed by atoms with E-state index in [-0.39, 0.29) is 17.8 Å². The Morgan fingerprint density at radius 3 is 2.90 bits per heavy atom. The van der Waals surface area contributed by atoms with Crippen LogP contribution in [0.4, 0.5) is 4.39 Å². The van der Waals surface area contributed by atoms with Gasteiger partial charge >= 0.3 is 0 Å². The number of hydrogen-bond donors (Lipinski definition) is 0. The summed E-state index contributed by atoms with van der Waals surface area (Å²) in [7, 11) is 1.86. The molecule has 1 unspecified atom stereocenters. The number of halogens is 1. The molecule has 4 aromatic rings. The van der Waals surface area contributed by atoms with Gasteiger partial charge in [-0.3, -0.25) is 9.48 Å². The molecule has 0 aliphatic carbocycles. The highest BCUT2D eigenvalue weighted by atomic mass is 32.1. The maximum Gasteiger partial charge on any atom is 0.255 e. The third-order valence-electron chi connectivity index (χ3n) is 5.97. The molecule has 1 aromatic carbocycles. The zero-order valence-corrected chi connectivity index (χ0v) is 18.3. The second-order valence-corrected chi connectivity index (χ2v) is 9.02. The lowest BCUT2D eigenvalue weighted by Gasteiger charge is -2.25. The van der Waals surface area contributed by atoms with Crippen molar-refractivity contribution >= 4 is 28.3 Å². The smallest absolute Gasteiger partial charge is 0.255 e. The van der Waals surface area contributed by atoms with Crippen molar-refractivity contribution in [3.63, 3.8) is 0 Å². The second-order valence-electron chi connectivity index (χ2n) is 8.07. The van der Waals surface area contributed by atoms with Gasteiger partial charge in [0.2, 0.25) is 0 Å². The van der Waals surface area contributed by atoms with E-state index in [9.17, 15) is 9.18 Å². The second kappa shape index (κ2) is 7.89. The minimum Gasteiger partial charge on any atom is -0.335 e. The summed E-state index contributed by atoms with van der Waals surface area (Å²) in [6, 6.07) is 12.6. The molecule has 3 aromatic heterocycles. The standard InChI is InChI=1S/C24H23FN4OS/c1-15-22-19(14-20(21-9-5-11-31-21)26-23(22)28(2)27-15)24(30)29-10-4-8-18(29)13-16-6-3-7-17(25)12-16/h3,5-7,9,11-12,14,18H,4,8,10,13H2,1-2H3. The maximum absolute atomic E-state index is 13.8. The van der Waals surface area contributed by atoms with E-state index in [1.54, 1.807) is 28.2 Å². The van der Waals surface area contributed by atoms with E-state index < -0.39 is 0 Å². The first kappa shape index (κ1) is 19.9. The van der Waals surface area contributed by atoms with Gasteiger partial charge in [0.15, 0.2) is 5.65 Å². The molecule has 1 atom stereocenters. The van der Waals surface area contributed by atoms with E-state index in [0.717, 1.165) is 40.1 Å². The van der Waals surface area contributed by atoms with E-state index in [1.165, 1.54) is 6.07 Å². The number of likely N-dealkylation sites (tertiary alicyclic amines) is 1. The Bertz CT molecular complexity index is 1260. The van der Waals surface area contributed by atoms with E-state index in [4.69, 9.17) is 4.98 Å². The predicted molar refractivity (Wildman–Crippen MR) is 121 cm³/mol. The summed E-state index contributed by atoms with van der Waals surface area (Å²) < 4.78 is 15.4. The number of rotatable bonds is 4.